The van der Waals surface area contributed by atoms with Crippen LogP contribution in [-0.4, -0.2) is 19.6 Å². The van der Waals surface area contributed by atoms with Crippen molar-refractivity contribution in [1.82, 2.24) is 4.72 Å². The number of hydrogen-bond acceptors (Lipinski definition) is 3. The Labute approximate surface area is 121 Å². The zero-order valence-corrected chi connectivity index (χ0v) is 13.1. The average Bonchev–Trinajstić information content (AvgIpc) is 2.68. The summed E-state index contributed by atoms with van der Waals surface area (Å²) in [6, 6.07) is 6.39. The van der Waals surface area contributed by atoms with E-state index in [4.69, 9.17) is 0 Å². The molecule has 0 heterocycles. The number of aliphatic hydroxyl groups excluding tert-OH is 1. The number of benzene rings is 1. The summed E-state index contributed by atoms with van der Waals surface area (Å²) < 4.78 is 27.6. The van der Waals surface area contributed by atoms with Gasteiger partial charge >= 0.3 is 0 Å². The van der Waals surface area contributed by atoms with E-state index in [0.717, 1.165) is 19.3 Å². The van der Waals surface area contributed by atoms with Crippen LogP contribution in [0.15, 0.2) is 29.2 Å². The second-order valence-corrected chi connectivity index (χ2v) is 8.01. The van der Waals surface area contributed by atoms with E-state index in [1.165, 1.54) is 0 Å². The van der Waals surface area contributed by atoms with Crippen LogP contribution in [0, 0.1) is 5.41 Å². The molecule has 4 nitrogen and oxygen atoms in total. The van der Waals surface area contributed by atoms with Crippen LogP contribution in [-0.2, 0) is 10.0 Å². The molecular weight excluding hydrogens is 274 g/mol. The van der Waals surface area contributed by atoms with Crippen molar-refractivity contribution in [2.45, 2.75) is 57.1 Å². The molecule has 0 radical (unpaired) electrons. The Hall–Kier alpha value is -0.910. The lowest BCUT2D eigenvalue weighted by Crippen LogP contribution is -2.41. The molecule has 1 aromatic rings. The van der Waals surface area contributed by atoms with E-state index in [-0.39, 0.29) is 16.4 Å². The van der Waals surface area contributed by atoms with Crippen molar-refractivity contribution in [3.8, 4) is 0 Å². The molecule has 20 heavy (non-hydrogen) atoms. The highest BCUT2D eigenvalue weighted by Gasteiger charge is 2.37. The van der Waals surface area contributed by atoms with Crippen molar-refractivity contribution in [2.75, 3.05) is 0 Å². The molecule has 2 rings (SSSR count). The Morgan fingerprint density at radius 1 is 1.30 bits per heavy atom. The molecule has 2 unspecified atom stereocenters. The lowest BCUT2D eigenvalue weighted by molar-refractivity contribution is 0.199. The van der Waals surface area contributed by atoms with Gasteiger partial charge in [-0.05, 0) is 42.9 Å². The van der Waals surface area contributed by atoms with Gasteiger partial charge in [0.05, 0.1) is 11.0 Å². The van der Waals surface area contributed by atoms with E-state index in [1.807, 2.05) is 0 Å². The molecule has 0 aromatic heterocycles. The number of hydrogen-bond donors (Lipinski definition) is 2. The van der Waals surface area contributed by atoms with Crippen molar-refractivity contribution in [1.29, 1.82) is 0 Å². The van der Waals surface area contributed by atoms with Crippen LogP contribution >= 0.6 is 0 Å². The maximum atomic E-state index is 12.4. The molecule has 0 amide bonds. The van der Waals surface area contributed by atoms with Gasteiger partial charge in [0.1, 0.15) is 0 Å². The van der Waals surface area contributed by atoms with Crippen LogP contribution in [0.1, 0.15) is 51.7 Å². The molecule has 0 spiro atoms. The fraction of sp³-hybridized carbons (Fsp3) is 0.600. The summed E-state index contributed by atoms with van der Waals surface area (Å²) in [5, 5.41) is 9.45. The Bertz CT molecular complexity index is 561. The third-order valence-electron chi connectivity index (χ3n) is 4.23. The minimum absolute atomic E-state index is 0.00657. The fourth-order valence-electron chi connectivity index (χ4n) is 2.73. The smallest absolute Gasteiger partial charge is 0.240 e. The van der Waals surface area contributed by atoms with E-state index in [1.54, 1.807) is 31.2 Å². The largest absolute Gasteiger partial charge is 0.389 e. The Balaban J connectivity index is 2.18. The minimum atomic E-state index is -3.49. The van der Waals surface area contributed by atoms with E-state index in [0.29, 0.717) is 5.56 Å². The SMILES string of the molecule is CC(O)c1ccc(S(=O)(=O)NC2CCCC2(C)C)cc1. The van der Waals surface area contributed by atoms with Gasteiger partial charge in [0.25, 0.3) is 0 Å². The van der Waals surface area contributed by atoms with Gasteiger partial charge in [-0.25, -0.2) is 13.1 Å². The van der Waals surface area contributed by atoms with Gasteiger partial charge in [0, 0.05) is 6.04 Å². The predicted octanol–water partition coefficient (Wildman–Crippen LogP) is 2.60. The monoisotopic (exact) mass is 297 g/mol. The number of rotatable bonds is 4. The van der Waals surface area contributed by atoms with E-state index >= 15 is 0 Å². The first-order valence-electron chi connectivity index (χ1n) is 7.03. The second-order valence-electron chi connectivity index (χ2n) is 6.30. The molecule has 2 N–H and O–H groups in total. The molecule has 1 aliphatic rings. The minimum Gasteiger partial charge on any atom is -0.389 e. The fourth-order valence-corrected chi connectivity index (χ4v) is 4.17. The second kappa shape index (κ2) is 5.47. The van der Waals surface area contributed by atoms with Crippen LogP contribution in [0.2, 0.25) is 0 Å². The van der Waals surface area contributed by atoms with Crippen LogP contribution in [0.5, 0.6) is 0 Å². The normalized spacial score (nSPS) is 23.7. The van der Waals surface area contributed by atoms with Gasteiger partial charge in [-0.3, -0.25) is 0 Å². The molecule has 1 aromatic carbocycles. The summed E-state index contributed by atoms with van der Waals surface area (Å²) in [4.78, 5) is 0.254. The van der Waals surface area contributed by atoms with Crippen LogP contribution in [0.25, 0.3) is 0 Å². The zero-order chi connectivity index (χ0) is 15.0. The summed E-state index contributed by atoms with van der Waals surface area (Å²) in [5.74, 6) is 0. The van der Waals surface area contributed by atoms with Crippen LogP contribution < -0.4 is 4.72 Å². The Morgan fingerprint density at radius 3 is 2.35 bits per heavy atom. The van der Waals surface area contributed by atoms with Gasteiger partial charge in [0.2, 0.25) is 10.0 Å². The number of nitrogens with one attached hydrogen (secondary N) is 1. The molecule has 5 heteroatoms. The van der Waals surface area contributed by atoms with Crippen LogP contribution in [0.3, 0.4) is 0 Å². The van der Waals surface area contributed by atoms with Crippen molar-refractivity contribution in [3.05, 3.63) is 29.8 Å². The van der Waals surface area contributed by atoms with Crippen LogP contribution in [0.4, 0.5) is 0 Å². The van der Waals surface area contributed by atoms with Crippen molar-refractivity contribution < 1.29 is 13.5 Å². The summed E-state index contributed by atoms with van der Waals surface area (Å²) >= 11 is 0. The van der Waals surface area contributed by atoms with Crippen molar-refractivity contribution in [2.24, 2.45) is 5.41 Å². The highest BCUT2D eigenvalue weighted by Crippen LogP contribution is 2.37. The zero-order valence-electron chi connectivity index (χ0n) is 12.3. The Kier molecular flexibility index (Phi) is 4.23. The number of sulfonamides is 1. The first-order chi connectivity index (χ1) is 9.22. The van der Waals surface area contributed by atoms with Gasteiger partial charge in [-0.2, -0.15) is 0 Å². The van der Waals surface area contributed by atoms with Gasteiger partial charge < -0.3 is 5.11 Å². The summed E-state index contributed by atoms with van der Waals surface area (Å²) in [6.45, 7) is 5.86. The molecular formula is C15H23NO3S. The summed E-state index contributed by atoms with van der Waals surface area (Å²) in [7, 11) is -3.49. The lowest BCUT2D eigenvalue weighted by Gasteiger charge is -2.27. The molecule has 0 aliphatic heterocycles. The van der Waals surface area contributed by atoms with E-state index in [2.05, 4.69) is 18.6 Å². The lowest BCUT2D eigenvalue weighted by atomic mass is 9.88. The molecule has 0 saturated heterocycles. The molecule has 0 bridgehead atoms. The molecule has 1 saturated carbocycles. The molecule has 112 valence electrons. The maximum absolute atomic E-state index is 12.4. The van der Waals surface area contributed by atoms with Gasteiger partial charge in [-0.15, -0.1) is 0 Å². The van der Waals surface area contributed by atoms with Crippen molar-refractivity contribution in [3.63, 3.8) is 0 Å². The highest BCUT2D eigenvalue weighted by molar-refractivity contribution is 7.89. The van der Waals surface area contributed by atoms with E-state index in [9.17, 15) is 13.5 Å². The first-order valence-corrected chi connectivity index (χ1v) is 8.51. The Morgan fingerprint density at radius 2 is 1.90 bits per heavy atom. The average molecular weight is 297 g/mol. The topological polar surface area (TPSA) is 66.4 Å². The summed E-state index contributed by atoms with van der Waals surface area (Å²) in [5.41, 5.74) is 0.720. The standard InChI is InChI=1S/C15H23NO3S/c1-11(17)12-6-8-13(9-7-12)20(18,19)16-14-5-4-10-15(14,2)3/h6-9,11,14,16-17H,4-5,10H2,1-3H3. The number of aliphatic hydroxyl groups is 1. The summed E-state index contributed by atoms with van der Waals surface area (Å²) in [6.07, 6.45) is 2.40. The maximum Gasteiger partial charge on any atom is 0.240 e. The van der Waals surface area contributed by atoms with Gasteiger partial charge in [-0.1, -0.05) is 32.4 Å². The van der Waals surface area contributed by atoms with Crippen molar-refractivity contribution >= 4 is 10.0 Å². The quantitative estimate of drug-likeness (QED) is 0.897. The van der Waals surface area contributed by atoms with Gasteiger partial charge in [0.15, 0.2) is 0 Å². The predicted molar refractivity (Wildman–Crippen MR) is 78.8 cm³/mol. The molecule has 2 atom stereocenters. The third kappa shape index (κ3) is 3.22. The highest BCUT2D eigenvalue weighted by atomic mass is 32.2. The first kappa shape index (κ1) is 15.5. The third-order valence-corrected chi connectivity index (χ3v) is 5.72. The molecule has 1 fully saturated rings. The van der Waals surface area contributed by atoms with E-state index < -0.39 is 16.1 Å². The molecule has 1 aliphatic carbocycles.